The van der Waals surface area contributed by atoms with E-state index in [1.807, 2.05) is 25.2 Å². The molecule has 2 rings (SSSR count). The van der Waals surface area contributed by atoms with Crippen LogP contribution in [0, 0.1) is 5.92 Å². The summed E-state index contributed by atoms with van der Waals surface area (Å²) in [4.78, 5) is 12.3. The fourth-order valence-electron chi connectivity index (χ4n) is 2.64. The third kappa shape index (κ3) is 3.38. The molecule has 4 heteroatoms. The second-order valence-electron chi connectivity index (χ2n) is 5.34. The molecule has 2 N–H and O–H groups in total. The van der Waals surface area contributed by atoms with Gasteiger partial charge < -0.3 is 15.4 Å². The van der Waals surface area contributed by atoms with E-state index in [2.05, 4.69) is 30.5 Å². The Kier molecular flexibility index (Phi) is 5.15. The molecular weight excluding hydrogens is 252 g/mol. The largest absolute Gasteiger partial charge is 0.377 e. The molecule has 1 aliphatic heterocycles. The summed E-state index contributed by atoms with van der Waals surface area (Å²) in [5.74, 6) is 0.0500. The SMILES string of the molecule is CCC1OCCC1C(=O)Nc1cccc(C(C)NC)c1. The van der Waals surface area contributed by atoms with E-state index >= 15 is 0 Å². The van der Waals surface area contributed by atoms with E-state index in [1.165, 1.54) is 5.56 Å². The number of hydrogen-bond donors (Lipinski definition) is 2. The molecule has 0 spiro atoms. The average molecular weight is 276 g/mol. The van der Waals surface area contributed by atoms with Crippen LogP contribution >= 0.6 is 0 Å². The second kappa shape index (κ2) is 6.86. The molecule has 1 aromatic carbocycles. The van der Waals surface area contributed by atoms with Crippen LogP contribution in [-0.4, -0.2) is 25.7 Å². The van der Waals surface area contributed by atoms with Gasteiger partial charge in [-0.1, -0.05) is 19.1 Å². The molecular formula is C16H24N2O2. The van der Waals surface area contributed by atoms with E-state index in [9.17, 15) is 4.79 Å². The Labute approximate surface area is 120 Å². The van der Waals surface area contributed by atoms with Crippen molar-refractivity contribution in [2.75, 3.05) is 19.0 Å². The summed E-state index contributed by atoms with van der Waals surface area (Å²) in [6, 6.07) is 8.26. The molecule has 3 unspecified atom stereocenters. The van der Waals surface area contributed by atoms with Gasteiger partial charge in [0.05, 0.1) is 12.0 Å². The Balaban J connectivity index is 2.04. The first-order valence-electron chi connectivity index (χ1n) is 7.35. The molecule has 1 saturated heterocycles. The minimum Gasteiger partial charge on any atom is -0.377 e. The van der Waals surface area contributed by atoms with E-state index in [0.29, 0.717) is 6.61 Å². The van der Waals surface area contributed by atoms with Gasteiger partial charge >= 0.3 is 0 Å². The molecule has 20 heavy (non-hydrogen) atoms. The van der Waals surface area contributed by atoms with Gasteiger partial charge in [0.25, 0.3) is 0 Å². The van der Waals surface area contributed by atoms with Gasteiger partial charge in [0.15, 0.2) is 0 Å². The minimum atomic E-state index is -0.0228. The number of amides is 1. The number of rotatable bonds is 5. The highest BCUT2D eigenvalue weighted by molar-refractivity contribution is 5.93. The van der Waals surface area contributed by atoms with Gasteiger partial charge in [-0.3, -0.25) is 4.79 Å². The summed E-state index contributed by atoms with van der Waals surface area (Å²) < 4.78 is 5.58. The van der Waals surface area contributed by atoms with Gasteiger partial charge in [-0.2, -0.15) is 0 Å². The summed E-state index contributed by atoms with van der Waals surface area (Å²) in [5.41, 5.74) is 2.02. The average Bonchev–Trinajstić information content (AvgIpc) is 2.95. The predicted molar refractivity (Wildman–Crippen MR) is 80.7 cm³/mol. The number of nitrogens with one attached hydrogen (secondary N) is 2. The van der Waals surface area contributed by atoms with E-state index in [1.54, 1.807) is 0 Å². The van der Waals surface area contributed by atoms with Gasteiger partial charge in [0, 0.05) is 18.3 Å². The van der Waals surface area contributed by atoms with Crippen molar-refractivity contribution in [2.24, 2.45) is 5.92 Å². The fraction of sp³-hybridized carbons (Fsp3) is 0.562. The Morgan fingerprint density at radius 3 is 3.00 bits per heavy atom. The molecule has 0 radical (unpaired) electrons. The lowest BCUT2D eigenvalue weighted by atomic mass is 9.98. The van der Waals surface area contributed by atoms with Crippen molar-refractivity contribution in [1.82, 2.24) is 5.32 Å². The highest BCUT2D eigenvalue weighted by atomic mass is 16.5. The fourth-order valence-corrected chi connectivity index (χ4v) is 2.64. The first-order chi connectivity index (χ1) is 9.65. The van der Waals surface area contributed by atoms with Gasteiger partial charge in [0.1, 0.15) is 0 Å². The lowest BCUT2D eigenvalue weighted by molar-refractivity contribution is -0.121. The molecule has 1 amide bonds. The Bertz CT molecular complexity index is 462. The smallest absolute Gasteiger partial charge is 0.230 e. The maximum atomic E-state index is 12.3. The van der Waals surface area contributed by atoms with Crippen LogP contribution in [0.3, 0.4) is 0 Å². The van der Waals surface area contributed by atoms with Crippen molar-refractivity contribution >= 4 is 11.6 Å². The normalized spacial score (nSPS) is 23.6. The van der Waals surface area contributed by atoms with Crippen LogP contribution < -0.4 is 10.6 Å². The molecule has 0 saturated carbocycles. The number of anilines is 1. The van der Waals surface area contributed by atoms with Gasteiger partial charge in [-0.15, -0.1) is 0 Å². The van der Waals surface area contributed by atoms with Crippen molar-refractivity contribution in [3.05, 3.63) is 29.8 Å². The topological polar surface area (TPSA) is 50.4 Å². The Morgan fingerprint density at radius 2 is 2.30 bits per heavy atom. The molecule has 110 valence electrons. The zero-order chi connectivity index (χ0) is 14.5. The van der Waals surface area contributed by atoms with Gasteiger partial charge in [0.2, 0.25) is 5.91 Å². The Morgan fingerprint density at radius 1 is 1.50 bits per heavy atom. The van der Waals surface area contributed by atoms with Crippen LogP contribution in [0.1, 0.15) is 38.3 Å². The summed E-state index contributed by atoms with van der Waals surface area (Å²) in [7, 11) is 1.93. The Hall–Kier alpha value is -1.39. The standard InChI is InChI=1S/C16H24N2O2/c1-4-15-14(8-9-20-15)16(19)18-13-7-5-6-12(10-13)11(2)17-3/h5-7,10-11,14-15,17H,4,8-9H2,1-3H3,(H,18,19). The van der Waals surface area contributed by atoms with Crippen LogP contribution in [0.5, 0.6) is 0 Å². The molecule has 0 aliphatic carbocycles. The number of benzene rings is 1. The number of hydrogen-bond acceptors (Lipinski definition) is 3. The van der Waals surface area contributed by atoms with Crippen LogP contribution in [0.25, 0.3) is 0 Å². The third-order valence-corrected chi connectivity index (χ3v) is 4.04. The highest BCUT2D eigenvalue weighted by Gasteiger charge is 2.32. The maximum Gasteiger partial charge on any atom is 0.230 e. The maximum absolute atomic E-state index is 12.3. The quantitative estimate of drug-likeness (QED) is 0.869. The first-order valence-corrected chi connectivity index (χ1v) is 7.35. The summed E-state index contributed by atoms with van der Waals surface area (Å²) in [6.07, 6.45) is 1.76. The lowest BCUT2D eigenvalue weighted by Gasteiger charge is -2.17. The van der Waals surface area contributed by atoms with Crippen molar-refractivity contribution in [3.63, 3.8) is 0 Å². The summed E-state index contributed by atoms with van der Waals surface area (Å²) >= 11 is 0. The second-order valence-corrected chi connectivity index (χ2v) is 5.34. The summed E-state index contributed by atoms with van der Waals surface area (Å²) in [6.45, 7) is 4.85. The molecule has 1 aliphatic rings. The zero-order valence-corrected chi connectivity index (χ0v) is 12.5. The predicted octanol–water partition coefficient (Wildman–Crippen LogP) is 2.72. The zero-order valence-electron chi connectivity index (χ0n) is 12.5. The van der Waals surface area contributed by atoms with Gasteiger partial charge in [-0.05, 0) is 44.5 Å². The third-order valence-electron chi connectivity index (χ3n) is 4.04. The van der Waals surface area contributed by atoms with E-state index in [4.69, 9.17) is 4.74 Å². The number of carbonyl (C=O) groups is 1. The van der Waals surface area contributed by atoms with Crippen LogP contribution in [0.15, 0.2) is 24.3 Å². The van der Waals surface area contributed by atoms with E-state index in [-0.39, 0.29) is 24.0 Å². The first kappa shape index (κ1) is 15.0. The van der Waals surface area contributed by atoms with Crippen LogP contribution in [0.2, 0.25) is 0 Å². The van der Waals surface area contributed by atoms with E-state index < -0.39 is 0 Å². The number of ether oxygens (including phenoxy) is 1. The van der Waals surface area contributed by atoms with Gasteiger partial charge in [-0.25, -0.2) is 0 Å². The molecule has 1 fully saturated rings. The highest BCUT2D eigenvalue weighted by Crippen LogP contribution is 2.25. The van der Waals surface area contributed by atoms with Crippen LogP contribution in [0.4, 0.5) is 5.69 Å². The lowest BCUT2D eigenvalue weighted by Crippen LogP contribution is -2.29. The molecule has 1 heterocycles. The molecule has 3 atom stereocenters. The number of carbonyl (C=O) groups excluding carboxylic acids is 1. The monoisotopic (exact) mass is 276 g/mol. The van der Waals surface area contributed by atoms with Crippen molar-refractivity contribution in [1.29, 1.82) is 0 Å². The van der Waals surface area contributed by atoms with Crippen molar-refractivity contribution in [3.8, 4) is 0 Å². The molecule has 1 aromatic rings. The molecule has 0 bridgehead atoms. The summed E-state index contributed by atoms with van der Waals surface area (Å²) in [5, 5.41) is 6.22. The molecule has 4 nitrogen and oxygen atoms in total. The van der Waals surface area contributed by atoms with Crippen molar-refractivity contribution < 1.29 is 9.53 Å². The van der Waals surface area contributed by atoms with Crippen LogP contribution in [-0.2, 0) is 9.53 Å². The van der Waals surface area contributed by atoms with Crippen molar-refractivity contribution in [2.45, 2.75) is 38.8 Å². The minimum absolute atomic E-state index is 0.0228. The molecule has 0 aromatic heterocycles. The van der Waals surface area contributed by atoms with E-state index in [0.717, 1.165) is 18.5 Å².